The summed E-state index contributed by atoms with van der Waals surface area (Å²) in [6.45, 7) is 2.32. The molecule has 1 atom stereocenters. The topological polar surface area (TPSA) is 45.2 Å². The SMILES string of the molecule is C[C@H](NC(=O)c1cc(Cl)cnc1N(C)Cc1cccc(F)c1)c1ccccc1. The molecule has 4 nitrogen and oxygen atoms in total. The fourth-order valence-corrected chi connectivity index (χ4v) is 3.14. The molecule has 6 heteroatoms. The summed E-state index contributed by atoms with van der Waals surface area (Å²) in [5.41, 5.74) is 2.15. The number of amides is 1. The lowest BCUT2D eigenvalue weighted by atomic mass is 10.1. The Morgan fingerprint density at radius 2 is 1.93 bits per heavy atom. The van der Waals surface area contributed by atoms with Crippen molar-refractivity contribution in [3.63, 3.8) is 0 Å². The zero-order chi connectivity index (χ0) is 20.1. The van der Waals surface area contributed by atoms with Crippen LogP contribution in [0.4, 0.5) is 10.2 Å². The largest absolute Gasteiger partial charge is 0.355 e. The molecule has 1 aromatic heterocycles. The summed E-state index contributed by atoms with van der Waals surface area (Å²) in [6.07, 6.45) is 1.50. The Labute approximate surface area is 169 Å². The van der Waals surface area contributed by atoms with Crippen molar-refractivity contribution in [3.05, 3.63) is 94.4 Å². The van der Waals surface area contributed by atoms with Crippen molar-refractivity contribution in [3.8, 4) is 0 Å². The average Bonchev–Trinajstić information content (AvgIpc) is 2.68. The molecule has 1 N–H and O–H groups in total. The van der Waals surface area contributed by atoms with Gasteiger partial charge in [0.1, 0.15) is 11.6 Å². The molecule has 0 saturated heterocycles. The van der Waals surface area contributed by atoms with Crippen LogP contribution in [0.5, 0.6) is 0 Å². The molecule has 0 bridgehead atoms. The van der Waals surface area contributed by atoms with Gasteiger partial charge in [-0.05, 0) is 36.2 Å². The number of pyridine rings is 1. The predicted octanol–water partition coefficient (Wildman–Crippen LogP) is 5.00. The van der Waals surface area contributed by atoms with E-state index in [1.165, 1.54) is 18.3 Å². The molecule has 0 aliphatic heterocycles. The Morgan fingerprint density at radius 1 is 1.18 bits per heavy atom. The van der Waals surface area contributed by atoms with Crippen LogP contribution in [0.15, 0.2) is 66.9 Å². The van der Waals surface area contributed by atoms with Crippen LogP contribution in [-0.2, 0) is 6.54 Å². The van der Waals surface area contributed by atoms with E-state index in [1.807, 2.05) is 43.3 Å². The molecule has 1 heterocycles. The van der Waals surface area contributed by atoms with Crippen molar-refractivity contribution in [1.82, 2.24) is 10.3 Å². The Balaban J connectivity index is 1.82. The molecule has 0 radical (unpaired) electrons. The fraction of sp³-hybridized carbons (Fsp3) is 0.182. The maximum Gasteiger partial charge on any atom is 0.255 e. The molecule has 0 aliphatic carbocycles. The quantitative estimate of drug-likeness (QED) is 0.636. The van der Waals surface area contributed by atoms with Crippen molar-refractivity contribution in [2.75, 3.05) is 11.9 Å². The summed E-state index contributed by atoms with van der Waals surface area (Å²) in [5.74, 6) is -0.0940. The number of hydrogen-bond donors (Lipinski definition) is 1. The van der Waals surface area contributed by atoms with E-state index in [1.54, 1.807) is 24.1 Å². The fourth-order valence-electron chi connectivity index (χ4n) is 2.99. The minimum absolute atomic E-state index is 0.172. The molecule has 0 aliphatic rings. The number of nitrogens with zero attached hydrogens (tertiary/aromatic N) is 2. The molecule has 3 rings (SSSR count). The van der Waals surface area contributed by atoms with Gasteiger partial charge in [-0.25, -0.2) is 9.37 Å². The third-order valence-corrected chi connectivity index (χ3v) is 4.60. The van der Waals surface area contributed by atoms with E-state index in [-0.39, 0.29) is 17.8 Å². The predicted molar refractivity (Wildman–Crippen MR) is 110 cm³/mol. The van der Waals surface area contributed by atoms with Gasteiger partial charge >= 0.3 is 0 Å². The number of halogens is 2. The van der Waals surface area contributed by atoms with Crippen molar-refractivity contribution in [2.24, 2.45) is 0 Å². The second kappa shape index (κ2) is 8.85. The Morgan fingerprint density at radius 3 is 2.64 bits per heavy atom. The first-order valence-corrected chi connectivity index (χ1v) is 9.29. The average molecular weight is 398 g/mol. The zero-order valence-corrected chi connectivity index (χ0v) is 16.4. The molecule has 3 aromatic rings. The van der Waals surface area contributed by atoms with Gasteiger partial charge in [0.15, 0.2) is 0 Å². The van der Waals surface area contributed by atoms with Crippen LogP contribution in [0.3, 0.4) is 0 Å². The Bertz CT molecular complexity index is 965. The first-order valence-electron chi connectivity index (χ1n) is 8.91. The lowest BCUT2D eigenvalue weighted by Gasteiger charge is -2.22. The molecule has 0 unspecified atom stereocenters. The molecule has 0 fully saturated rings. The number of aromatic nitrogens is 1. The zero-order valence-electron chi connectivity index (χ0n) is 15.7. The van der Waals surface area contributed by atoms with Gasteiger partial charge in [-0.15, -0.1) is 0 Å². The van der Waals surface area contributed by atoms with Crippen molar-refractivity contribution < 1.29 is 9.18 Å². The van der Waals surface area contributed by atoms with E-state index < -0.39 is 0 Å². The smallest absolute Gasteiger partial charge is 0.255 e. The molecular formula is C22H21ClFN3O. The second-order valence-electron chi connectivity index (χ2n) is 6.62. The summed E-state index contributed by atoms with van der Waals surface area (Å²) >= 11 is 6.09. The summed E-state index contributed by atoms with van der Waals surface area (Å²) in [7, 11) is 1.80. The van der Waals surface area contributed by atoms with E-state index in [0.717, 1.165) is 11.1 Å². The molecule has 1 amide bonds. The number of nitrogens with one attached hydrogen (secondary N) is 1. The molecular weight excluding hydrogens is 377 g/mol. The number of hydrogen-bond acceptors (Lipinski definition) is 3. The maximum absolute atomic E-state index is 13.5. The van der Waals surface area contributed by atoms with Crippen molar-refractivity contribution >= 4 is 23.3 Å². The summed E-state index contributed by atoms with van der Waals surface area (Å²) in [5, 5.41) is 3.36. The van der Waals surface area contributed by atoms with E-state index in [4.69, 9.17) is 11.6 Å². The van der Waals surface area contributed by atoms with E-state index >= 15 is 0 Å². The third-order valence-electron chi connectivity index (χ3n) is 4.40. The first kappa shape index (κ1) is 19.8. The standard InChI is InChI=1S/C22H21ClFN3O/c1-15(17-8-4-3-5-9-17)26-22(28)20-12-18(23)13-25-21(20)27(2)14-16-7-6-10-19(24)11-16/h3-13,15H,14H2,1-2H3,(H,26,28)/t15-/m0/s1. The highest BCUT2D eigenvalue weighted by atomic mass is 35.5. The monoisotopic (exact) mass is 397 g/mol. The number of rotatable bonds is 6. The minimum Gasteiger partial charge on any atom is -0.355 e. The summed E-state index contributed by atoms with van der Waals surface area (Å²) < 4.78 is 13.5. The molecule has 2 aromatic carbocycles. The Hall–Kier alpha value is -2.92. The highest BCUT2D eigenvalue weighted by Crippen LogP contribution is 2.23. The molecule has 0 saturated carbocycles. The van der Waals surface area contributed by atoms with Crippen LogP contribution in [0, 0.1) is 5.82 Å². The summed E-state index contributed by atoms with van der Waals surface area (Å²) in [6, 6.07) is 17.5. The molecule has 0 spiro atoms. The number of carbonyl (C=O) groups excluding carboxylic acids is 1. The molecule has 144 valence electrons. The van der Waals surface area contributed by atoms with Crippen LogP contribution in [-0.4, -0.2) is 17.9 Å². The Kier molecular flexibility index (Phi) is 6.26. The minimum atomic E-state index is -0.301. The van der Waals surface area contributed by atoms with Crippen LogP contribution >= 0.6 is 11.6 Å². The number of carbonyl (C=O) groups is 1. The van der Waals surface area contributed by atoms with E-state index in [0.29, 0.717) is 22.9 Å². The van der Waals surface area contributed by atoms with Gasteiger partial charge in [-0.3, -0.25) is 4.79 Å². The normalized spacial score (nSPS) is 11.7. The van der Waals surface area contributed by atoms with E-state index in [9.17, 15) is 9.18 Å². The van der Waals surface area contributed by atoms with Gasteiger partial charge in [0.05, 0.1) is 16.6 Å². The highest BCUT2D eigenvalue weighted by Gasteiger charge is 2.19. The number of anilines is 1. The van der Waals surface area contributed by atoms with Gasteiger partial charge in [-0.1, -0.05) is 54.1 Å². The summed E-state index contributed by atoms with van der Waals surface area (Å²) in [4.78, 5) is 19.1. The van der Waals surface area contributed by atoms with Gasteiger partial charge in [0.2, 0.25) is 0 Å². The maximum atomic E-state index is 13.5. The van der Waals surface area contributed by atoms with Crippen LogP contribution in [0.25, 0.3) is 0 Å². The lowest BCUT2D eigenvalue weighted by molar-refractivity contribution is 0.0940. The molecule has 28 heavy (non-hydrogen) atoms. The van der Waals surface area contributed by atoms with Crippen molar-refractivity contribution in [2.45, 2.75) is 19.5 Å². The van der Waals surface area contributed by atoms with Crippen LogP contribution < -0.4 is 10.2 Å². The van der Waals surface area contributed by atoms with Gasteiger partial charge < -0.3 is 10.2 Å². The second-order valence-corrected chi connectivity index (χ2v) is 7.05. The van der Waals surface area contributed by atoms with Crippen molar-refractivity contribution in [1.29, 1.82) is 0 Å². The number of benzene rings is 2. The van der Waals surface area contributed by atoms with Gasteiger partial charge in [0, 0.05) is 19.8 Å². The first-order chi connectivity index (χ1) is 13.4. The van der Waals surface area contributed by atoms with Crippen LogP contribution in [0.2, 0.25) is 5.02 Å². The van der Waals surface area contributed by atoms with Gasteiger partial charge in [0.25, 0.3) is 5.91 Å². The van der Waals surface area contributed by atoms with Crippen LogP contribution in [0.1, 0.15) is 34.5 Å². The highest BCUT2D eigenvalue weighted by molar-refractivity contribution is 6.31. The van der Waals surface area contributed by atoms with Gasteiger partial charge in [-0.2, -0.15) is 0 Å². The third kappa shape index (κ3) is 4.87. The lowest BCUT2D eigenvalue weighted by Crippen LogP contribution is -2.29. The van der Waals surface area contributed by atoms with E-state index in [2.05, 4.69) is 10.3 Å².